The summed E-state index contributed by atoms with van der Waals surface area (Å²) in [6.07, 6.45) is 4.32. The first-order chi connectivity index (χ1) is 15.8. The highest BCUT2D eigenvalue weighted by Crippen LogP contribution is 2.44. The number of nitrogens with zero attached hydrogens (tertiary/aromatic N) is 3. The van der Waals surface area contributed by atoms with Gasteiger partial charge in [0.2, 0.25) is 0 Å². The predicted octanol–water partition coefficient (Wildman–Crippen LogP) is 0.875. The van der Waals surface area contributed by atoms with Crippen LogP contribution in [0.15, 0.2) is 28.6 Å². The molecule has 33 heavy (non-hydrogen) atoms. The molecule has 3 aliphatic rings. The van der Waals surface area contributed by atoms with Crippen molar-refractivity contribution in [3.63, 3.8) is 0 Å². The molecule has 10 heteroatoms. The SMILES string of the molecule is COc1cc2c(cc1OC)CN(C(=O)CO/N=C(/N)C1=C(N)C3(CCCC3)N(C)C1=O)CC2. The molecule has 178 valence electrons. The van der Waals surface area contributed by atoms with Gasteiger partial charge < -0.3 is 35.6 Å². The van der Waals surface area contributed by atoms with Crippen LogP contribution in [0.5, 0.6) is 11.5 Å². The molecule has 10 nitrogen and oxygen atoms in total. The van der Waals surface area contributed by atoms with E-state index in [0.717, 1.165) is 36.8 Å². The molecule has 0 radical (unpaired) electrons. The fraction of sp³-hybridized carbons (Fsp3) is 0.522. The Balaban J connectivity index is 1.40. The number of hydrogen-bond donors (Lipinski definition) is 2. The summed E-state index contributed by atoms with van der Waals surface area (Å²) < 4.78 is 10.7. The van der Waals surface area contributed by atoms with Crippen LogP contribution in [0.1, 0.15) is 36.8 Å². The standard InChI is InChI=1S/C23H31N5O5/c1-27-22(30)19(20(24)23(27)7-4-5-8-23)21(25)26-33-13-18(29)28-9-6-14-10-16(31-2)17(32-3)11-15(14)12-28/h10-11H,4-9,12-13,24H2,1-3H3,(H2,25,26). The molecule has 1 fully saturated rings. The highest BCUT2D eigenvalue weighted by Gasteiger charge is 2.51. The first-order valence-corrected chi connectivity index (χ1v) is 11.1. The van der Waals surface area contributed by atoms with Crippen molar-refractivity contribution in [2.24, 2.45) is 16.6 Å². The summed E-state index contributed by atoms with van der Waals surface area (Å²) in [6, 6.07) is 3.84. The molecule has 1 saturated carbocycles. The van der Waals surface area contributed by atoms with E-state index >= 15 is 0 Å². The Morgan fingerprint density at radius 3 is 2.42 bits per heavy atom. The van der Waals surface area contributed by atoms with E-state index in [0.29, 0.717) is 36.7 Å². The Bertz CT molecular complexity index is 1030. The largest absolute Gasteiger partial charge is 0.493 e. The van der Waals surface area contributed by atoms with Crippen LogP contribution in [0.4, 0.5) is 0 Å². The van der Waals surface area contributed by atoms with Gasteiger partial charge >= 0.3 is 0 Å². The van der Waals surface area contributed by atoms with Gasteiger partial charge in [-0.2, -0.15) is 0 Å². The maximum Gasteiger partial charge on any atom is 0.263 e. The molecule has 2 amide bonds. The number of amidine groups is 1. The molecule has 0 aromatic heterocycles. The van der Waals surface area contributed by atoms with Crippen LogP contribution >= 0.6 is 0 Å². The van der Waals surface area contributed by atoms with Gasteiger partial charge in [0.05, 0.1) is 25.5 Å². The van der Waals surface area contributed by atoms with Crippen molar-refractivity contribution in [1.82, 2.24) is 9.80 Å². The van der Waals surface area contributed by atoms with Gasteiger partial charge in [0, 0.05) is 20.1 Å². The van der Waals surface area contributed by atoms with Crippen LogP contribution < -0.4 is 20.9 Å². The van der Waals surface area contributed by atoms with Gasteiger partial charge in [0.25, 0.3) is 11.8 Å². The minimum atomic E-state index is -0.479. The average Bonchev–Trinajstić information content (AvgIpc) is 3.39. The van der Waals surface area contributed by atoms with Crippen LogP contribution in [0.2, 0.25) is 0 Å². The lowest BCUT2D eigenvalue weighted by Crippen LogP contribution is -2.45. The van der Waals surface area contributed by atoms with Crippen LogP contribution in [0.3, 0.4) is 0 Å². The van der Waals surface area contributed by atoms with Crippen molar-refractivity contribution in [2.45, 2.75) is 44.2 Å². The second-order valence-electron chi connectivity index (χ2n) is 8.68. The maximum atomic E-state index is 12.8. The molecule has 2 aliphatic heterocycles. The highest BCUT2D eigenvalue weighted by molar-refractivity contribution is 6.22. The molecule has 0 unspecified atom stereocenters. The van der Waals surface area contributed by atoms with Crippen molar-refractivity contribution in [1.29, 1.82) is 0 Å². The number of amides is 2. The van der Waals surface area contributed by atoms with E-state index in [-0.39, 0.29) is 29.8 Å². The van der Waals surface area contributed by atoms with Crippen molar-refractivity contribution >= 4 is 17.6 Å². The smallest absolute Gasteiger partial charge is 0.263 e. The number of nitrogens with two attached hydrogens (primary N) is 2. The number of oxime groups is 1. The number of benzene rings is 1. The molecule has 4 N–H and O–H groups in total. The summed E-state index contributed by atoms with van der Waals surface area (Å²) in [5.74, 6) is 0.709. The lowest BCUT2D eigenvalue weighted by atomic mass is 9.93. The van der Waals surface area contributed by atoms with Gasteiger partial charge in [-0.05, 0) is 42.5 Å². The van der Waals surface area contributed by atoms with E-state index < -0.39 is 5.54 Å². The summed E-state index contributed by atoms with van der Waals surface area (Å²) in [5, 5.41) is 3.85. The molecule has 1 aromatic carbocycles. The zero-order valence-electron chi connectivity index (χ0n) is 19.3. The number of hydrogen-bond acceptors (Lipinski definition) is 7. The van der Waals surface area contributed by atoms with E-state index in [4.69, 9.17) is 25.8 Å². The van der Waals surface area contributed by atoms with Crippen molar-refractivity contribution in [3.8, 4) is 11.5 Å². The minimum Gasteiger partial charge on any atom is -0.493 e. The third-order valence-electron chi connectivity index (χ3n) is 7.04. The third-order valence-corrected chi connectivity index (χ3v) is 7.04. The molecule has 0 bridgehead atoms. The number of rotatable bonds is 6. The molecule has 0 saturated heterocycles. The minimum absolute atomic E-state index is 0.0956. The number of carbonyl (C=O) groups is 2. The Labute approximate surface area is 193 Å². The van der Waals surface area contributed by atoms with Crippen molar-refractivity contribution in [3.05, 3.63) is 34.5 Å². The van der Waals surface area contributed by atoms with Crippen molar-refractivity contribution < 1.29 is 23.9 Å². The predicted molar refractivity (Wildman–Crippen MR) is 121 cm³/mol. The van der Waals surface area contributed by atoms with Gasteiger partial charge in [0.1, 0.15) is 5.57 Å². The number of methoxy groups -OCH3 is 2. The Kier molecular flexibility index (Phi) is 6.09. The zero-order chi connectivity index (χ0) is 23.8. The van der Waals surface area contributed by atoms with Crippen LogP contribution in [0, 0.1) is 0 Å². The number of ether oxygens (including phenoxy) is 2. The lowest BCUT2D eigenvalue weighted by Gasteiger charge is -2.33. The topological polar surface area (TPSA) is 133 Å². The summed E-state index contributed by atoms with van der Waals surface area (Å²) in [4.78, 5) is 34.0. The molecular formula is C23H31N5O5. The van der Waals surface area contributed by atoms with E-state index in [1.807, 2.05) is 12.1 Å². The Hall–Kier alpha value is -3.43. The summed E-state index contributed by atoms with van der Waals surface area (Å²) >= 11 is 0. The van der Waals surface area contributed by atoms with E-state index in [1.54, 1.807) is 31.1 Å². The van der Waals surface area contributed by atoms with Gasteiger partial charge in [-0.15, -0.1) is 0 Å². The van der Waals surface area contributed by atoms with E-state index in [2.05, 4.69) is 5.16 Å². The quantitative estimate of drug-likeness (QED) is 0.368. The fourth-order valence-electron chi connectivity index (χ4n) is 5.09. The first-order valence-electron chi connectivity index (χ1n) is 11.1. The van der Waals surface area contributed by atoms with Crippen molar-refractivity contribution in [2.75, 3.05) is 34.4 Å². The maximum absolute atomic E-state index is 12.8. The molecule has 2 heterocycles. The monoisotopic (exact) mass is 457 g/mol. The van der Waals surface area contributed by atoms with Gasteiger partial charge in [-0.3, -0.25) is 9.59 Å². The summed E-state index contributed by atoms with van der Waals surface area (Å²) in [7, 11) is 4.92. The lowest BCUT2D eigenvalue weighted by molar-refractivity contribution is -0.137. The summed E-state index contributed by atoms with van der Waals surface area (Å²) in [6.45, 7) is 0.695. The summed E-state index contributed by atoms with van der Waals surface area (Å²) in [5.41, 5.74) is 14.7. The Morgan fingerprint density at radius 2 is 1.79 bits per heavy atom. The van der Waals surface area contributed by atoms with Crippen LogP contribution in [-0.2, 0) is 27.4 Å². The molecule has 0 atom stereocenters. The molecule has 1 spiro atoms. The molecule has 4 rings (SSSR count). The van der Waals surface area contributed by atoms with Gasteiger partial charge in [-0.25, -0.2) is 0 Å². The number of fused-ring (bicyclic) bond motifs is 1. The van der Waals surface area contributed by atoms with Gasteiger partial charge in [0.15, 0.2) is 23.9 Å². The zero-order valence-corrected chi connectivity index (χ0v) is 19.3. The molecular weight excluding hydrogens is 426 g/mol. The number of carbonyl (C=O) groups excluding carboxylic acids is 2. The van der Waals surface area contributed by atoms with Crippen LogP contribution in [-0.4, -0.2) is 67.4 Å². The fourth-order valence-corrected chi connectivity index (χ4v) is 5.09. The Morgan fingerprint density at radius 1 is 1.15 bits per heavy atom. The molecule has 1 aromatic rings. The van der Waals surface area contributed by atoms with E-state index in [9.17, 15) is 9.59 Å². The third kappa shape index (κ3) is 3.83. The molecule has 1 aliphatic carbocycles. The van der Waals surface area contributed by atoms with E-state index in [1.165, 1.54) is 0 Å². The first kappa shape index (κ1) is 22.8. The van der Waals surface area contributed by atoms with Crippen LogP contribution in [0.25, 0.3) is 0 Å². The second-order valence-corrected chi connectivity index (χ2v) is 8.68. The number of likely N-dealkylation sites (N-methyl/N-ethyl adjacent to an activating group) is 1. The normalized spacial score (nSPS) is 19.8. The highest BCUT2D eigenvalue weighted by atomic mass is 16.6. The van der Waals surface area contributed by atoms with Gasteiger partial charge in [-0.1, -0.05) is 18.0 Å². The second kappa shape index (κ2) is 8.84. The average molecular weight is 458 g/mol.